The second-order valence-corrected chi connectivity index (χ2v) is 9.25. The molecule has 12 nitrogen and oxygen atoms in total. The molecule has 0 unspecified atom stereocenters. The molecule has 40 heavy (non-hydrogen) atoms. The minimum absolute atomic E-state index is 0.0109. The van der Waals surface area contributed by atoms with Crippen molar-refractivity contribution >= 4 is 45.7 Å². The second kappa shape index (κ2) is 13.3. The molecule has 5 rings (SSSR count). The van der Waals surface area contributed by atoms with Crippen molar-refractivity contribution in [1.29, 1.82) is 0 Å². The lowest BCUT2D eigenvalue weighted by Gasteiger charge is -2.28. The summed E-state index contributed by atoms with van der Waals surface area (Å²) in [6, 6.07) is 13.8. The number of carboxylic acid groups (broad SMARTS) is 2. The Bertz CT molecular complexity index is 1480. The predicted molar refractivity (Wildman–Crippen MR) is 148 cm³/mol. The highest BCUT2D eigenvalue weighted by Gasteiger charge is 2.26. The van der Waals surface area contributed by atoms with Gasteiger partial charge in [0.05, 0.1) is 18.1 Å². The Balaban J connectivity index is 0.000000406. The van der Waals surface area contributed by atoms with Crippen LogP contribution < -0.4 is 15.4 Å². The zero-order chi connectivity index (χ0) is 28.5. The van der Waals surface area contributed by atoms with Crippen LogP contribution in [0.3, 0.4) is 0 Å². The smallest absolute Gasteiger partial charge is 0.328 e. The number of aliphatic carboxylic acids is 2. The summed E-state index contributed by atoms with van der Waals surface area (Å²) in [5, 5.41) is 23.3. The molecule has 1 aliphatic rings. The van der Waals surface area contributed by atoms with Gasteiger partial charge in [-0.3, -0.25) is 4.79 Å². The van der Waals surface area contributed by atoms with Crippen LogP contribution in [0.25, 0.3) is 22.1 Å². The molecule has 0 spiro atoms. The Labute approximate surface area is 229 Å². The summed E-state index contributed by atoms with van der Waals surface area (Å²) < 4.78 is 5.14. The average Bonchev–Trinajstić information content (AvgIpc) is 3.38. The quantitative estimate of drug-likeness (QED) is 0.205. The maximum atomic E-state index is 12.8. The molecule has 4 aromatic rings. The summed E-state index contributed by atoms with van der Waals surface area (Å²) in [7, 11) is 1.58. The fourth-order valence-electron chi connectivity index (χ4n) is 4.47. The van der Waals surface area contributed by atoms with Gasteiger partial charge in [0.15, 0.2) is 0 Å². The highest BCUT2D eigenvalue weighted by atomic mass is 16.5. The number of aromatic amines is 1. The van der Waals surface area contributed by atoms with Crippen LogP contribution in [0.2, 0.25) is 0 Å². The number of anilines is 1. The molecule has 0 aliphatic heterocycles. The van der Waals surface area contributed by atoms with E-state index >= 15 is 0 Å². The molecule has 4 heterocycles. The van der Waals surface area contributed by atoms with Crippen molar-refractivity contribution in [3.8, 4) is 5.88 Å². The van der Waals surface area contributed by atoms with Gasteiger partial charge in [0, 0.05) is 54.0 Å². The van der Waals surface area contributed by atoms with Crippen molar-refractivity contribution in [2.75, 3.05) is 12.4 Å². The number of carbonyl (C=O) groups is 3. The first-order chi connectivity index (χ1) is 19.3. The molecule has 1 aliphatic carbocycles. The van der Waals surface area contributed by atoms with E-state index in [0.29, 0.717) is 29.9 Å². The van der Waals surface area contributed by atoms with Gasteiger partial charge in [-0.25, -0.2) is 24.5 Å². The highest BCUT2D eigenvalue weighted by Crippen LogP contribution is 2.26. The zero-order valence-electron chi connectivity index (χ0n) is 21.8. The van der Waals surface area contributed by atoms with E-state index in [1.54, 1.807) is 25.4 Å². The Morgan fingerprint density at radius 3 is 2.38 bits per heavy atom. The van der Waals surface area contributed by atoms with Gasteiger partial charge in [-0.15, -0.1) is 0 Å². The maximum Gasteiger partial charge on any atom is 0.328 e. The molecule has 1 saturated carbocycles. The van der Waals surface area contributed by atoms with Gasteiger partial charge in [0.1, 0.15) is 11.5 Å². The van der Waals surface area contributed by atoms with Gasteiger partial charge in [-0.05, 0) is 62.1 Å². The van der Waals surface area contributed by atoms with E-state index < -0.39 is 11.9 Å². The first-order valence-corrected chi connectivity index (χ1v) is 12.7. The van der Waals surface area contributed by atoms with Gasteiger partial charge >= 0.3 is 11.9 Å². The van der Waals surface area contributed by atoms with Crippen molar-refractivity contribution in [2.24, 2.45) is 5.92 Å². The fraction of sp³-hybridized carbons (Fsp3) is 0.286. The van der Waals surface area contributed by atoms with Crippen LogP contribution in [-0.4, -0.2) is 61.1 Å². The number of hydrogen-bond donors (Lipinski definition) is 5. The van der Waals surface area contributed by atoms with Crippen LogP contribution in [0.5, 0.6) is 5.88 Å². The number of carbonyl (C=O) groups excluding carboxylic acids is 1. The minimum Gasteiger partial charge on any atom is -0.481 e. The Morgan fingerprint density at radius 1 is 1.00 bits per heavy atom. The molecule has 12 heteroatoms. The van der Waals surface area contributed by atoms with Gasteiger partial charge < -0.3 is 30.6 Å². The lowest BCUT2D eigenvalue weighted by molar-refractivity contribution is -0.134. The van der Waals surface area contributed by atoms with Crippen molar-refractivity contribution in [3.63, 3.8) is 0 Å². The van der Waals surface area contributed by atoms with Crippen LogP contribution in [0.4, 0.5) is 5.82 Å². The molecule has 0 saturated heterocycles. The Morgan fingerprint density at radius 2 is 1.70 bits per heavy atom. The third kappa shape index (κ3) is 7.84. The van der Waals surface area contributed by atoms with E-state index in [4.69, 9.17) is 14.9 Å². The van der Waals surface area contributed by atoms with Gasteiger partial charge in [-0.1, -0.05) is 0 Å². The standard InChI is InChI=1S/C24H26N6O2.C4H4O4/c1-32-22-11-9-19-20(29-22)8-10-21(28-19)30-24(31)15-4-6-17(7-5-15)26-14-18-13-16-3-2-12-25-23(16)27-18;5-3(6)1-2-4(7)8/h2-3,8-13,15,17,26H,4-7,14H2,1H3,(H,25,27)(H,28,30,31);1-2H,(H,5,6)(H,7,8)/b;2-1+. The normalized spacial score (nSPS) is 16.8. The summed E-state index contributed by atoms with van der Waals surface area (Å²) >= 11 is 0. The number of methoxy groups -OCH3 is 1. The van der Waals surface area contributed by atoms with Crippen LogP contribution in [-0.2, 0) is 20.9 Å². The summed E-state index contributed by atoms with van der Waals surface area (Å²) in [4.78, 5) is 48.4. The summed E-state index contributed by atoms with van der Waals surface area (Å²) in [5.41, 5.74) is 3.51. The topological polar surface area (TPSA) is 179 Å². The lowest BCUT2D eigenvalue weighted by Crippen LogP contribution is -2.36. The molecule has 0 radical (unpaired) electrons. The number of aromatic nitrogens is 4. The fourth-order valence-corrected chi connectivity index (χ4v) is 4.47. The number of fused-ring (bicyclic) bond motifs is 2. The highest BCUT2D eigenvalue weighted by molar-refractivity contribution is 5.93. The molecule has 1 fully saturated rings. The molecule has 4 aromatic heterocycles. The largest absolute Gasteiger partial charge is 0.481 e. The first kappa shape index (κ1) is 28.2. The van der Waals surface area contributed by atoms with E-state index in [9.17, 15) is 14.4 Å². The number of nitrogens with one attached hydrogen (secondary N) is 3. The number of nitrogens with zero attached hydrogens (tertiary/aromatic N) is 3. The monoisotopic (exact) mass is 546 g/mol. The third-order valence-electron chi connectivity index (χ3n) is 6.47. The lowest BCUT2D eigenvalue weighted by atomic mass is 9.85. The van der Waals surface area contributed by atoms with E-state index in [1.165, 1.54) is 0 Å². The molecule has 1 amide bonds. The number of amides is 1. The Hall–Kier alpha value is -4.84. The van der Waals surface area contributed by atoms with Gasteiger partial charge in [0.25, 0.3) is 0 Å². The molecule has 0 bridgehead atoms. The van der Waals surface area contributed by atoms with Crippen molar-refractivity contribution < 1.29 is 29.3 Å². The van der Waals surface area contributed by atoms with Crippen LogP contribution in [0.1, 0.15) is 31.4 Å². The van der Waals surface area contributed by atoms with Crippen molar-refractivity contribution in [2.45, 2.75) is 38.3 Å². The van der Waals surface area contributed by atoms with E-state index in [2.05, 4.69) is 42.7 Å². The van der Waals surface area contributed by atoms with E-state index in [1.807, 2.05) is 18.2 Å². The number of hydrogen-bond acceptors (Lipinski definition) is 8. The average molecular weight is 547 g/mol. The van der Waals surface area contributed by atoms with Crippen LogP contribution in [0, 0.1) is 5.92 Å². The van der Waals surface area contributed by atoms with Crippen molar-refractivity contribution in [3.05, 3.63) is 66.5 Å². The number of ether oxygens (including phenoxy) is 1. The molecular formula is C28H30N6O6. The van der Waals surface area contributed by atoms with E-state index in [-0.39, 0.29) is 11.8 Å². The van der Waals surface area contributed by atoms with E-state index in [0.717, 1.165) is 60.0 Å². The molecular weight excluding hydrogens is 516 g/mol. The van der Waals surface area contributed by atoms with Gasteiger partial charge in [-0.2, -0.15) is 0 Å². The predicted octanol–water partition coefficient (Wildman–Crippen LogP) is 3.51. The molecule has 0 atom stereocenters. The number of rotatable bonds is 8. The minimum atomic E-state index is -1.26. The first-order valence-electron chi connectivity index (χ1n) is 12.7. The SMILES string of the molecule is COc1ccc2nc(NC(=O)C3CCC(NCc4cc5cccnc5[nH]4)CC3)ccc2n1.O=C(O)/C=C/C(=O)O. The van der Waals surface area contributed by atoms with Crippen LogP contribution >= 0.6 is 0 Å². The summed E-state index contributed by atoms with van der Waals surface area (Å²) in [5.74, 6) is -1.36. The molecule has 0 aromatic carbocycles. The third-order valence-corrected chi connectivity index (χ3v) is 6.47. The number of H-pyrrole nitrogens is 1. The summed E-state index contributed by atoms with van der Waals surface area (Å²) in [6.45, 7) is 0.776. The zero-order valence-corrected chi connectivity index (χ0v) is 21.8. The molecule has 208 valence electrons. The van der Waals surface area contributed by atoms with Gasteiger partial charge in [0.2, 0.25) is 11.8 Å². The molecule has 5 N–H and O–H groups in total. The second-order valence-electron chi connectivity index (χ2n) is 9.25. The Kier molecular flexibility index (Phi) is 9.36. The summed E-state index contributed by atoms with van der Waals surface area (Å²) in [6.07, 6.45) is 6.60. The maximum absolute atomic E-state index is 12.8. The van der Waals surface area contributed by atoms with Crippen molar-refractivity contribution in [1.82, 2.24) is 25.3 Å². The number of pyridine rings is 3. The number of carboxylic acids is 2. The van der Waals surface area contributed by atoms with Crippen LogP contribution in [0.15, 0.2) is 60.8 Å².